The number of rotatable bonds is 6. The zero-order valence-corrected chi connectivity index (χ0v) is 12.6. The summed E-state index contributed by atoms with van der Waals surface area (Å²) in [5, 5.41) is 25.7. The maximum Gasteiger partial charge on any atom is 0.362 e. The SMILES string of the molecule is CC(O)=C(N=Nc1ccc(C(=O)O)cc1)C(=O)OCC(C)C. The molecule has 0 aliphatic rings. The van der Waals surface area contributed by atoms with Crippen molar-refractivity contribution in [2.75, 3.05) is 6.61 Å². The van der Waals surface area contributed by atoms with Crippen molar-refractivity contribution in [3.8, 4) is 0 Å². The summed E-state index contributed by atoms with van der Waals surface area (Å²) >= 11 is 0. The van der Waals surface area contributed by atoms with Gasteiger partial charge in [0, 0.05) is 0 Å². The molecule has 0 heterocycles. The molecule has 2 N–H and O–H groups in total. The van der Waals surface area contributed by atoms with Gasteiger partial charge in [-0.25, -0.2) is 9.59 Å². The van der Waals surface area contributed by atoms with Crippen LogP contribution in [0.2, 0.25) is 0 Å². The minimum absolute atomic E-state index is 0.115. The van der Waals surface area contributed by atoms with Crippen molar-refractivity contribution in [3.05, 3.63) is 41.3 Å². The first-order chi connectivity index (χ1) is 10.3. The molecule has 1 aromatic rings. The highest BCUT2D eigenvalue weighted by atomic mass is 16.5. The van der Waals surface area contributed by atoms with Crippen LogP contribution in [0.25, 0.3) is 0 Å². The van der Waals surface area contributed by atoms with E-state index in [4.69, 9.17) is 9.84 Å². The smallest absolute Gasteiger partial charge is 0.362 e. The number of allylic oxidation sites excluding steroid dienone is 1. The number of ether oxygens (including phenoxy) is 1. The molecule has 0 bridgehead atoms. The summed E-state index contributed by atoms with van der Waals surface area (Å²) in [5.41, 5.74) is 0.174. The molecule has 0 saturated carbocycles. The molecule has 0 unspecified atom stereocenters. The monoisotopic (exact) mass is 306 g/mol. The van der Waals surface area contributed by atoms with Gasteiger partial charge in [-0.05, 0) is 37.1 Å². The maximum absolute atomic E-state index is 11.8. The van der Waals surface area contributed by atoms with E-state index in [9.17, 15) is 14.7 Å². The molecule has 1 aromatic carbocycles. The molecular formula is C15H18N2O5. The van der Waals surface area contributed by atoms with Crippen LogP contribution >= 0.6 is 0 Å². The highest BCUT2D eigenvalue weighted by molar-refractivity contribution is 5.88. The number of nitrogens with zero attached hydrogens (tertiary/aromatic N) is 2. The van der Waals surface area contributed by atoms with Crippen molar-refractivity contribution in [1.29, 1.82) is 0 Å². The molecular weight excluding hydrogens is 288 g/mol. The second-order valence-corrected chi connectivity index (χ2v) is 4.98. The lowest BCUT2D eigenvalue weighted by Gasteiger charge is -2.07. The molecule has 0 spiro atoms. The Kier molecular flexibility index (Phi) is 6.25. The van der Waals surface area contributed by atoms with Crippen LogP contribution < -0.4 is 0 Å². The second-order valence-electron chi connectivity index (χ2n) is 4.98. The fourth-order valence-corrected chi connectivity index (χ4v) is 1.35. The molecule has 22 heavy (non-hydrogen) atoms. The van der Waals surface area contributed by atoms with Crippen LogP contribution in [0.15, 0.2) is 46.0 Å². The van der Waals surface area contributed by atoms with Crippen LogP contribution in [-0.2, 0) is 9.53 Å². The van der Waals surface area contributed by atoms with Crippen LogP contribution in [0, 0.1) is 5.92 Å². The Balaban J connectivity index is 2.85. The molecule has 0 fully saturated rings. The first-order valence-electron chi connectivity index (χ1n) is 6.63. The van der Waals surface area contributed by atoms with Crippen LogP contribution in [0.3, 0.4) is 0 Å². The Morgan fingerprint density at radius 2 is 1.77 bits per heavy atom. The number of carbonyl (C=O) groups excluding carboxylic acids is 1. The molecule has 0 aromatic heterocycles. The van der Waals surface area contributed by atoms with E-state index in [2.05, 4.69) is 10.2 Å². The average Bonchev–Trinajstić information content (AvgIpc) is 2.45. The predicted octanol–water partition coefficient (Wildman–Crippen LogP) is 3.46. The minimum atomic E-state index is -1.05. The molecule has 0 aliphatic heterocycles. The van der Waals surface area contributed by atoms with Gasteiger partial charge >= 0.3 is 11.9 Å². The Morgan fingerprint density at radius 3 is 2.23 bits per heavy atom. The Bertz CT molecular complexity index is 599. The molecule has 0 amide bonds. The van der Waals surface area contributed by atoms with Gasteiger partial charge in [-0.3, -0.25) is 0 Å². The van der Waals surface area contributed by atoms with Gasteiger partial charge in [0.25, 0.3) is 0 Å². The number of carbonyl (C=O) groups is 2. The van der Waals surface area contributed by atoms with E-state index in [1.165, 1.54) is 31.2 Å². The van der Waals surface area contributed by atoms with Gasteiger partial charge in [-0.1, -0.05) is 13.8 Å². The Hall–Kier alpha value is -2.70. The number of azo groups is 1. The highest BCUT2D eigenvalue weighted by Crippen LogP contribution is 2.16. The average molecular weight is 306 g/mol. The third-order valence-electron chi connectivity index (χ3n) is 2.46. The molecule has 1 rings (SSSR count). The number of aliphatic hydroxyl groups excluding tert-OH is 1. The number of esters is 1. The standard InChI is InChI=1S/C15H18N2O5/c1-9(2)8-22-15(21)13(10(3)18)17-16-12-6-4-11(5-7-12)14(19)20/h4-7,9,18H,8H2,1-3H3,(H,19,20). The number of hydrogen-bond acceptors (Lipinski definition) is 6. The van der Waals surface area contributed by atoms with E-state index in [1.54, 1.807) is 0 Å². The van der Waals surface area contributed by atoms with Crippen LogP contribution in [0.5, 0.6) is 0 Å². The third-order valence-corrected chi connectivity index (χ3v) is 2.46. The number of hydrogen-bond donors (Lipinski definition) is 2. The molecule has 0 atom stereocenters. The maximum atomic E-state index is 11.8. The predicted molar refractivity (Wildman–Crippen MR) is 79.0 cm³/mol. The fraction of sp³-hybridized carbons (Fsp3) is 0.333. The summed E-state index contributed by atoms with van der Waals surface area (Å²) in [6.07, 6.45) is 0. The lowest BCUT2D eigenvalue weighted by atomic mass is 10.2. The normalized spacial score (nSPS) is 12.4. The topological polar surface area (TPSA) is 109 Å². The molecule has 118 valence electrons. The molecule has 0 radical (unpaired) electrons. The summed E-state index contributed by atoms with van der Waals surface area (Å²) < 4.78 is 4.98. The lowest BCUT2D eigenvalue weighted by Crippen LogP contribution is -2.12. The third kappa shape index (κ3) is 5.35. The van der Waals surface area contributed by atoms with Gasteiger partial charge in [-0.2, -0.15) is 5.11 Å². The molecule has 0 aliphatic carbocycles. The van der Waals surface area contributed by atoms with Crippen LogP contribution in [-0.4, -0.2) is 28.8 Å². The van der Waals surface area contributed by atoms with E-state index in [-0.39, 0.29) is 29.5 Å². The first kappa shape index (κ1) is 17.4. The van der Waals surface area contributed by atoms with Crippen LogP contribution in [0.4, 0.5) is 5.69 Å². The zero-order chi connectivity index (χ0) is 16.7. The Morgan fingerprint density at radius 1 is 1.18 bits per heavy atom. The Labute approximate surface area is 127 Å². The van der Waals surface area contributed by atoms with Crippen LogP contribution in [0.1, 0.15) is 31.1 Å². The van der Waals surface area contributed by atoms with Gasteiger partial charge in [-0.15, -0.1) is 5.11 Å². The van der Waals surface area contributed by atoms with E-state index >= 15 is 0 Å². The largest absolute Gasteiger partial charge is 0.510 e. The van der Waals surface area contributed by atoms with E-state index in [1.807, 2.05) is 13.8 Å². The number of carboxylic acid groups (broad SMARTS) is 1. The second kappa shape index (κ2) is 7.92. The number of carboxylic acids is 1. The summed E-state index contributed by atoms with van der Waals surface area (Å²) in [7, 11) is 0. The number of benzene rings is 1. The number of aliphatic hydroxyl groups is 1. The van der Waals surface area contributed by atoms with Crippen molar-refractivity contribution < 1.29 is 24.5 Å². The number of aromatic carboxylic acids is 1. The van der Waals surface area contributed by atoms with Gasteiger partial charge < -0.3 is 14.9 Å². The molecule has 7 heteroatoms. The van der Waals surface area contributed by atoms with Crippen molar-refractivity contribution in [2.45, 2.75) is 20.8 Å². The highest BCUT2D eigenvalue weighted by Gasteiger charge is 2.15. The minimum Gasteiger partial charge on any atom is -0.510 e. The quantitative estimate of drug-likeness (QED) is 0.362. The van der Waals surface area contributed by atoms with E-state index in [0.717, 1.165) is 0 Å². The lowest BCUT2D eigenvalue weighted by molar-refractivity contribution is -0.140. The summed E-state index contributed by atoms with van der Waals surface area (Å²) in [6, 6.07) is 5.61. The zero-order valence-electron chi connectivity index (χ0n) is 12.6. The van der Waals surface area contributed by atoms with Gasteiger partial charge in [0.05, 0.1) is 17.9 Å². The van der Waals surface area contributed by atoms with Crippen molar-refractivity contribution in [3.63, 3.8) is 0 Å². The van der Waals surface area contributed by atoms with Crippen molar-refractivity contribution >= 4 is 17.6 Å². The van der Waals surface area contributed by atoms with Gasteiger partial charge in [0.2, 0.25) is 5.70 Å². The van der Waals surface area contributed by atoms with Gasteiger partial charge in [0.15, 0.2) is 0 Å². The summed E-state index contributed by atoms with van der Waals surface area (Å²) in [4.78, 5) is 22.5. The van der Waals surface area contributed by atoms with E-state index in [0.29, 0.717) is 5.69 Å². The van der Waals surface area contributed by atoms with Crippen molar-refractivity contribution in [2.24, 2.45) is 16.1 Å². The summed E-state index contributed by atoms with van der Waals surface area (Å²) in [5.74, 6) is -1.96. The molecule has 0 saturated heterocycles. The molecule has 7 nitrogen and oxygen atoms in total. The van der Waals surface area contributed by atoms with Crippen molar-refractivity contribution in [1.82, 2.24) is 0 Å². The first-order valence-corrected chi connectivity index (χ1v) is 6.63. The fourth-order valence-electron chi connectivity index (χ4n) is 1.35. The van der Waals surface area contributed by atoms with Gasteiger partial charge in [0.1, 0.15) is 5.76 Å². The summed E-state index contributed by atoms with van der Waals surface area (Å²) in [6.45, 7) is 5.28. The van der Waals surface area contributed by atoms with E-state index < -0.39 is 11.9 Å².